The van der Waals surface area contributed by atoms with Crippen LogP contribution in [0.4, 0.5) is 0 Å². The van der Waals surface area contributed by atoms with Gasteiger partial charge in [-0.05, 0) is 82.1 Å². The predicted molar refractivity (Wildman–Crippen MR) is 250 cm³/mol. The standard InChI is InChI=1S/C45H72Br2N4O16/c1-27(2)34(54)65-42(7,8)35(55)48-23-45(24-49-36(56)43(9,10)66-38(58)40(3,4)46,25-50-37(57)44(11,12)67-39(59)41(5,6)47)26-63-22-21-62-20-19-61-18-17-60-16-15-51-32(52)30-28-13-14-29(64-28)31(30)33(51)53/h27-29,52-53H,13-26H2,1-12H3,(H,48,55)(H,49,56)(H,50,57). The average molecular weight is 1080 g/mol. The van der Waals surface area contributed by atoms with Gasteiger partial charge in [0, 0.05) is 25.0 Å². The maximum atomic E-state index is 13.7. The minimum Gasteiger partial charge on any atom is -0.494 e. The van der Waals surface area contributed by atoms with E-state index in [-0.39, 0.29) is 103 Å². The fourth-order valence-electron chi connectivity index (χ4n) is 6.64. The van der Waals surface area contributed by atoms with E-state index in [0.29, 0.717) is 11.1 Å². The van der Waals surface area contributed by atoms with Gasteiger partial charge < -0.3 is 64.1 Å². The van der Waals surface area contributed by atoms with Crippen molar-refractivity contribution in [3.63, 3.8) is 0 Å². The van der Waals surface area contributed by atoms with Gasteiger partial charge in [0.05, 0.1) is 88.7 Å². The van der Waals surface area contributed by atoms with Crippen molar-refractivity contribution in [3.8, 4) is 11.8 Å². The smallest absolute Gasteiger partial charge is 0.323 e. The van der Waals surface area contributed by atoms with Gasteiger partial charge in [-0.3, -0.25) is 33.3 Å². The molecule has 22 heteroatoms. The summed E-state index contributed by atoms with van der Waals surface area (Å²) in [4.78, 5) is 78.9. The van der Waals surface area contributed by atoms with Crippen LogP contribution in [0.3, 0.4) is 0 Å². The molecule has 2 bridgehead atoms. The molecular formula is C45H72Br2N4O16. The zero-order chi connectivity index (χ0) is 50.8. The molecule has 1 fully saturated rings. The number of aromatic hydroxyl groups is 2. The first-order chi connectivity index (χ1) is 30.8. The lowest BCUT2D eigenvalue weighted by Gasteiger charge is -2.37. The summed E-state index contributed by atoms with van der Waals surface area (Å²) in [5, 5.41) is 29.6. The normalized spacial score (nSPS) is 16.4. The summed E-state index contributed by atoms with van der Waals surface area (Å²) in [5.41, 5.74) is -4.94. The lowest BCUT2D eigenvalue weighted by molar-refractivity contribution is -0.168. The van der Waals surface area contributed by atoms with E-state index in [1.807, 2.05) is 0 Å². The Hall–Kier alpha value is -3.54. The summed E-state index contributed by atoms with van der Waals surface area (Å²) >= 11 is 6.49. The van der Waals surface area contributed by atoms with Gasteiger partial charge in [-0.25, -0.2) is 0 Å². The number of rotatable bonds is 29. The molecule has 0 radical (unpaired) electrons. The molecule has 1 aromatic heterocycles. The van der Waals surface area contributed by atoms with E-state index in [1.54, 1.807) is 41.5 Å². The topological polar surface area (TPSA) is 258 Å². The largest absolute Gasteiger partial charge is 0.494 e. The molecule has 67 heavy (non-hydrogen) atoms. The number of alkyl halides is 2. The Balaban J connectivity index is 1.65. The molecule has 0 aromatic carbocycles. The number of nitrogens with zero attached hydrogens (tertiary/aromatic N) is 1. The Labute approximate surface area is 410 Å². The number of hydrogen-bond acceptors (Lipinski definition) is 16. The molecule has 20 nitrogen and oxygen atoms in total. The number of fused-ring (bicyclic) bond motifs is 5. The van der Waals surface area contributed by atoms with Crippen LogP contribution in [0, 0.1) is 11.3 Å². The third-order valence-corrected chi connectivity index (χ3v) is 11.6. The van der Waals surface area contributed by atoms with E-state index in [4.69, 9.17) is 37.9 Å². The second-order valence-corrected chi connectivity index (χ2v) is 23.6. The molecule has 2 atom stereocenters. The van der Waals surface area contributed by atoms with Crippen molar-refractivity contribution >= 4 is 67.5 Å². The van der Waals surface area contributed by atoms with Gasteiger partial charge >= 0.3 is 17.9 Å². The van der Waals surface area contributed by atoms with Crippen LogP contribution in [0.2, 0.25) is 0 Å². The molecule has 2 unspecified atom stereocenters. The summed E-state index contributed by atoms with van der Waals surface area (Å²) in [6.45, 7) is 18.7. The summed E-state index contributed by atoms with van der Waals surface area (Å²) in [7, 11) is 0. The number of esters is 3. The molecular weight excluding hydrogens is 1010 g/mol. The molecule has 3 amide bonds. The fraction of sp³-hybridized carbons (Fsp3) is 0.778. The molecule has 2 aliphatic rings. The highest BCUT2D eigenvalue weighted by Gasteiger charge is 2.46. The van der Waals surface area contributed by atoms with Crippen molar-refractivity contribution in [2.24, 2.45) is 11.3 Å². The van der Waals surface area contributed by atoms with Crippen LogP contribution in [0.5, 0.6) is 11.8 Å². The van der Waals surface area contributed by atoms with Crippen LogP contribution in [-0.2, 0) is 73.2 Å². The highest BCUT2D eigenvalue weighted by Crippen LogP contribution is 2.57. The second kappa shape index (κ2) is 23.9. The first kappa shape index (κ1) is 57.8. The Morgan fingerprint density at radius 3 is 1.30 bits per heavy atom. The highest BCUT2D eigenvalue weighted by atomic mass is 79.9. The molecule has 0 aliphatic carbocycles. The van der Waals surface area contributed by atoms with Crippen LogP contribution >= 0.6 is 31.9 Å². The third-order valence-electron chi connectivity index (χ3n) is 10.9. The number of halogens is 2. The molecule has 0 saturated carbocycles. The maximum absolute atomic E-state index is 13.7. The van der Waals surface area contributed by atoms with E-state index in [0.717, 1.165) is 12.8 Å². The van der Waals surface area contributed by atoms with Crippen LogP contribution in [0.1, 0.15) is 119 Å². The van der Waals surface area contributed by atoms with Crippen molar-refractivity contribution in [1.82, 2.24) is 20.5 Å². The monoisotopic (exact) mass is 1080 g/mol. The van der Waals surface area contributed by atoms with Crippen LogP contribution < -0.4 is 16.0 Å². The molecule has 2 aliphatic heterocycles. The molecule has 0 spiro atoms. The van der Waals surface area contributed by atoms with Crippen LogP contribution in [0.25, 0.3) is 0 Å². The van der Waals surface area contributed by atoms with E-state index in [9.17, 15) is 39.0 Å². The lowest BCUT2D eigenvalue weighted by Crippen LogP contribution is -2.59. The van der Waals surface area contributed by atoms with Crippen molar-refractivity contribution in [3.05, 3.63) is 11.1 Å². The fourth-order valence-corrected chi connectivity index (χ4v) is 6.80. The van der Waals surface area contributed by atoms with E-state index in [2.05, 4.69) is 47.8 Å². The summed E-state index contributed by atoms with van der Waals surface area (Å²) < 4.78 is 44.6. The van der Waals surface area contributed by atoms with Gasteiger partial charge in [0.15, 0.2) is 28.6 Å². The molecule has 1 saturated heterocycles. The Morgan fingerprint density at radius 2 is 0.940 bits per heavy atom. The Kier molecular flexibility index (Phi) is 20.6. The van der Waals surface area contributed by atoms with Crippen molar-refractivity contribution in [1.29, 1.82) is 0 Å². The number of carbonyl (C=O) groups is 6. The third kappa shape index (κ3) is 16.5. The minimum atomic E-state index is -1.67. The van der Waals surface area contributed by atoms with Crippen LogP contribution in [0.15, 0.2) is 0 Å². The lowest BCUT2D eigenvalue weighted by atomic mass is 9.87. The van der Waals surface area contributed by atoms with Gasteiger partial charge in [-0.2, -0.15) is 0 Å². The molecule has 1 aromatic rings. The first-order valence-corrected chi connectivity index (χ1v) is 24.0. The minimum absolute atomic E-state index is 0.0131. The van der Waals surface area contributed by atoms with Crippen molar-refractivity contribution in [2.45, 2.75) is 140 Å². The molecule has 382 valence electrons. The van der Waals surface area contributed by atoms with Crippen molar-refractivity contribution in [2.75, 3.05) is 72.5 Å². The van der Waals surface area contributed by atoms with E-state index < -0.39 is 72.4 Å². The average Bonchev–Trinajstić information content (AvgIpc) is 3.91. The van der Waals surface area contributed by atoms with Gasteiger partial charge in [0.1, 0.15) is 8.65 Å². The Bertz CT molecular complexity index is 1810. The Morgan fingerprint density at radius 1 is 0.597 bits per heavy atom. The van der Waals surface area contributed by atoms with E-state index in [1.165, 1.54) is 46.1 Å². The quantitative estimate of drug-likeness (QED) is 0.0327. The number of aromatic nitrogens is 1. The summed E-state index contributed by atoms with van der Waals surface area (Å²) in [6.07, 6.45) is 1.28. The number of hydrogen-bond donors (Lipinski definition) is 5. The van der Waals surface area contributed by atoms with Gasteiger partial charge in [0.2, 0.25) is 0 Å². The zero-order valence-electron chi connectivity index (χ0n) is 40.9. The van der Waals surface area contributed by atoms with Gasteiger partial charge in [0.25, 0.3) is 17.7 Å². The number of carbonyl (C=O) groups excluding carboxylic acids is 6. The van der Waals surface area contributed by atoms with Crippen molar-refractivity contribution < 1.29 is 76.9 Å². The number of ether oxygens (including phenoxy) is 8. The van der Waals surface area contributed by atoms with E-state index >= 15 is 0 Å². The van der Waals surface area contributed by atoms with Crippen LogP contribution in [-0.4, -0.2) is 148 Å². The maximum Gasteiger partial charge on any atom is 0.323 e. The molecule has 3 rings (SSSR count). The predicted octanol–water partition coefficient (Wildman–Crippen LogP) is 4.18. The second-order valence-electron chi connectivity index (χ2n) is 19.6. The van der Waals surface area contributed by atoms with Gasteiger partial charge in [-0.1, -0.05) is 45.7 Å². The number of amides is 3. The summed E-state index contributed by atoms with van der Waals surface area (Å²) in [6, 6.07) is 0. The zero-order valence-corrected chi connectivity index (χ0v) is 44.1. The molecule has 3 heterocycles. The molecule has 5 N–H and O–H groups in total. The van der Waals surface area contributed by atoms with Gasteiger partial charge in [-0.15, -0.1) is 0 Å². The number of nitrogens with one attached hydrogen (secondary N) is 3. The summed E-state index contributed by atoms with van der Waals surface area (Å²) in [5.74, 6) is -4.55. The first-order valence-electron chi connectivity index (χ1n) is 22.4. The highest BCUT2D eigenvalue weighted by molar-refractivity contribution is 9.10. The SMILES string of the molecule is CC(C)C(=O)OC(C)(C)C(=O)NCC(CNC(=O)C(C)(C)OC(=O)C(C)(C)Br)(CNC(=O)C(C)(C)OC(=O)C(C)(C)Br)COCCOCCOCCOCCn1c(O)c2c(c1O)C1CCC2O1.